The minimum Gasteiger partial charge on any atom is -0.465 e. The molecule has 2 heterocycles. The number of hydrogen-bond acceptors (Lipinski definition) is 2. The monoisotopic (exact) mass is 387 g/mol. The van der Waals surface area contributed by atoms with E-state index in [-0.39, 0.29) is 5.91 Å². The smallest absolute Gasteiger partial charge is 0.258 e. The normalized spacial score (nSPS) is 14.9. The molecule has 0 radical (unpaired) electrons. The Morgan fingerprint density at radius 1 is 0.931 bits per heavy atom. The zero-order chi connectivity index (χ0) is 20.4. The molecule has 3 aromatic rings. The summed E-state index contributed by atoms with van der Waals surface area (Å²) < 4.78 is 5.89. The summed E-state index contributed by atoms with van der Waals surface area (Å²) in [5.41, 5.74) is 5.32. The molecule has 0 unspecified atom stereocenters. The fraction of sp³-hybridized carbons (Fsp3) is 0.346. The van der Waals surface area contributed by atoms with Crippen LogP contribution in [-0.2, 0) is 6.42 Å². The van der Waals surface area contributed by atoms with Crippen LogP contribution in [0, 0.1) is 26.7 Å². The van der Waals surface area contributed by atoms with Crippen molar-refractivity contribution in [3.05, 3.63) is 82.8 Å². The van der Waals surface area contributed by atoms with E-state index in [0.29, 0.717) is 5.92 Å². The van der Waals surface area contributed by atoms with E-state index >= 15 is 0 Å². The van der Waals surface area contributed by atoms with Gasteiger partial charge in [-0.1, -0.05) is 60.2 Å². The average Bonchev–Trinajstić information content (AvgIpc) is 3.03. The summed E-state index contributed by atoms with van der Waals surface area (Å²) in [6, 6.07) is 19.0. The zero-order valence-corrected chi connectivity index (χ0v) is 17.6. The maximum Gasteiger partial charge on any atom is 0.258 e. The molecule has 1 aliphatic heterocycles. The Bertz CT molecular complexity index is 978. The molecule has 1 aromatic heterocycles. The lowest BCUT2D eigenvalue weighted by atomic mass is 9.89. The lowest BCUT2D eigenvalue weighted by Crippen LogP contribution is -2.39. The van der Waals surface area contributed by atoms with E-state index in [1.807, 2.05) is 18.7 Å². The highest BCUT2D eigenvalue weighted by Crippen LogP contribution is 2.34. The van der Waals surface area contributed by atoms with Gasteiger partial charge in [0.15, 0.2) is 0 Å². The second-order valence-corrected chi connectivity index (χ2v) is 8.26. The molecule has 0 saturated carbocycles. The molecule has 1 fully saturated rings. The van der Waals surface area contributed by atoms with Crippen molar-refractivity contribution in [2.45, 2.75) is 40.0 Å². The van der Waals surface area contributed by atoms with Crippen molar-refractivity contribution in [2.75, 3.05) is 13.1 Å². The van der Waals surface area contributed by atoms with Crippen molar-refractivity contribution in [2.24, 2.45) is 5.92 Å². The number of likely N-dealkylation sites (tertiary alicyclic amines) is 1. The van der Waals surface area contributed by atoms with Crippen LogP contribution in [0.1, 0.15) is 45.8 Å². The number of amides is 1. The van der Waals surface area contributed by atoms with Crippen molar-refractivity contribution >= 4 is 5.91 Å². The molecule has 1 saturated heterocycles. The molecule has 1 aliphatic rings. The van der Waals surface area contributed by atoms with Crippen molar-refractivity contribution in [1.82, 2.24) is 4.90 Å². The summed E-state index contributed by atoms with van der Waals surface area (Å²) in [5.74, 6) is 2.28. The van der Waals surface area contributed by atoms with Gasteiger partial charge in [-0.25, -0.2) is 0 Å². The van der Waals surface area contributed by atoms with Crippen molar-refractivity contribution in [1.29, 1.82) is 0 Å². The summed E-state index contributed by atoms with van der Waals surface area (Å²) in [6.07, 6.45) is 3.20. The van der Waals surface area contributed by atoms with Gasteiger partial charge in [-0.3, -0.25) is 4.79 Å². The van der Waals surface area contributed by atoms with E-state index in [1.54, 1.807) is 0 Å². The minimum atomic E-state index is 0.105. The van der Waals surface area contributed by atoms with Crippen LogP contribution in [0.2, 0.25) is 0 Å². The first-order valence-corrected chi connectivity index (χ1v) is 10.5. The highest BCUT2D eigenvalue weighted by Gasteiger charge is 2.29. The van der Waals surface area contributed by atoms with Gasteiger partial charge in [-0.15, -0.1) is 0 Å². The predicted octanol–water partition coefficient (Wildman–Crippen LogP) is 5.97. The number of nitrogens with zero attached hydrogens (tertiary/aromatic N) is 1. The molecule has 1 amide bonds. The van der Waals surface area contributed by atoms with E-state index in [1.165, 1.54) is 11.1 Å². The van der Waals surface area contributed by atoms with Crippen molar-refractivity contribution in [3.63, 3.8) is 0 Å². The van der Waals surface area contributed by atoms with Crippen LogP contribution >= 0.6 is 0 Å². The first-order valence-electron chi connectivity index (χ1n) is 10.5. The van der Waals surface area contributed by atoms with Gasteiger partial charge in [0.2, 0.25) is 0 Å². The van der Waals surface area contributed by atoms with E-state index in [2.05, 4.69) is 61.5 Å². The fourth-order valence-corrected chi connectivity index (χ4v) is 4.45. The molecule has 0 spiro atoms. The third kappa shape index (κ3) is 4.14. The van der Waals surface area contributed by atoms with Crippen LogP contribution in [-0.4, -0.2) is 23.9 Å². The number of aryl methyl sites for hydroxylation is 3. The Labute approximate surface area is 173 Å². The first kappa shape index (κ1) is 19.5. The third-order valence-electron chi connectivity index (χ3n) is 6.08. The van der Waals surface area contributed by atoms with Crippen LogP contribution < -0.4 is 0 Å². The van der Waals surface area contributed by atoms with Gasteiger partial charge < -0.3 is 9.32 Å². The maximum absolute atomic E-state index is 13.4. The fourth-order valence-electron chi connectivity index (χ4n) is 4.45. The number of piperidine rings is 1. The number of rotatable bonds is 4. The van der Waals surface area contributed by atoms with Crippen LogP contribution in [0.3, 0.4) is 0 Å². The summed E-state index contributed by atoms with van der Waals surface area (Å²) in [5, 5.41) is 0. The average molecular weight is 388 g/mol. The number of benzene rings is 2. The van der Waals surface area contributed by atoms with Gasteiger partial charge in [-0.05, 0) is 57.1 Å². The SMILES string of the molecule is Cc1ccc(-c2c(C)oc(C)c2C(=O)N2CCC(Cc3ccccc3)CC2)cc1. The van der Waals surface area contributed by atoms with Gasteiger partial charge in [0.05, 0.1) is 5.56 Å². The van der Waals surface area contributed by atoms with Gasteiger partial charge >= 0.3 is 0 Å². The second-order valence-electron chi connectivity index (χ2n) is 8.26. The van der Waals surface area contributed by atoms with E-state index in [0.717, 1.165) is 60.6 Å². The lowest BCUT2D eigenvalue weighted by Gasteiger charge is -2.32. The molecule has 0 atom stereocenters. The molecular formula is C26H29NO2. The van der Waals surface area contributed by atoms with Crippen molar-refractivity contribution in [3.8, 4) is 11.1 Å². The number of carbonyl (C=O) groups excluding carboxylic acids is 1. The van der Waals surface area contributed by atoms with Crippen molar-refractivity contribution < 1.29 is 9.21 Å². The van der Waals surface area contributed by atoms with Gasteiger partial charge in [0.1, 0.15) is 11.5 Å². The second kappa shape index (κ2) is 8.28. The molecule has 0 bridgehead atoms. The summed E-state index contributed by atoms with van der Waals surface area (Å²) in [7, 11) is 0. The molecule has 150 valence electrons. The first-order chi connectivity index (χ1) is 14.0. The maximum atomic E-state index is 13.4. The van der Waals surface area contributed by atoms with Crippen LogP contribution in [0.4, 0.5) is 0 Å². The Morgan fingerprint density at radius 2 is 1.59 bits per heavy atom. The quantitative estimate of drug-likeness (QED) is 0.553. The molecule has 0 aliphatic carbocycles. The molecule has 4 rings (SSSR count). The molecule has 3 heteroatoms. The molecule has 2 aromatic carbocycles. The van der Waals surface area contributed by atoms with E-state index in [4.69, 9.17) is 4.42 Å². The zero-order valence-electron chi connectivity index (χ0n) is 17.6. The molecule has 0 N–H and O–H groups in total. The van der Waals surface area contributed by atoms with E-state index < -0.39 is 0 Å². The van der Waals surface area contributed by atoms with Crippen LogP contribution in [0.5, 0.6) is 0 Å². The molecule has 29 heavy (non-hydrogen) atoms. The minimum absolute atomic E-state index is 0.105. The standard InChI is InChI=1S/C26H29NO2/c1-18-9-11-23(12-10-18)24-19(2)29-20(3)25(24)26(28)27-15-13-22(14-16-27)17-21-7-5-4-6-8-21/h4-12,22H,13-17H2,1-3H3. The number of furan rings is 1. The van der Waals surface area contributed by atoms with Crippen LogP contribution in [0.25, 0.3) is 11.1 Å². The highest BCUT2D eigenvalue weighted by molar-refractivity contribution is 6.02. The molecular weight excluding hydrogens is 358 g/mol. The summed E-state index contributed by atoms with van der Waals surface area (Å²) >= 11 is 0. The van der Waals surface area contributed by atoms with Crippen LogP contribution in [0.15, 0.2) is 59.0 Å². The van der Waals surface area contributed by atoms with Gasteiger partial charge in [-0.2, -0.15) is 0 Å². The Kier molecular flexibility index (Phi) is 5.57. The predicted molar refractivity (Wildman–Crippen MR) is 117 cm³/mol. The topological polar surface area (TPSA) is 33.5 Å². The Hall–Kier alpha value is -2.81. The largest absolute Gasteiger partial charge is 0.465 e. The van der Waals surface area contributed by atoms with E-state index in [9.17, 15) is 4.79 Å². The summed E-state index contributed by atoms with van der Waals surface area (Å²) in [4.78, 5) is 15.4. The third-order valence-corrected chi connectivity index (χ3v) is 6.08. The van der Waals surface area contributed by atoms with Gasteiger partial charge in [0.25, 0.3) is 5.91 Å². The summed E-state index contributed by atoms with van der Waals surface area (Å²) in [6.45, 7) is 7.55. The Balaban J connectivity index is 1.50. The highest BCUT2D eigenvalue weighted by atomic mass is 16.3. The lowest BCUT2D eigenvalue weighted by molar-refractivity contribution is 0.0689. The molecule has 3 nitrogen and oxygen atoms in total. The Morgan fingerprint density at radius 3 is 2.24 bits per heavy atom. The number of hydrogen-bond donors (Lipinski definition) is 0. The number of carbonyl (C=O) groups is 1. The van der Waals surface area contributed by atoms with Gasteiger partial charge in [0, 0.05) is 18.7 Å².